The quantitative estimate of drug-likeness (QED) is 0.338. The first-order valence-electron chi connectivity index (χ1n) is 5.48. The lowest BCUT2D eigenvalue weighted by molar-refractivity contribution is -0.167. The molecule has 7 heteroatoms. The average Bonchev–Trinajstić information content (AvgIpc) is 2.79. The molecule has 1 fully saturated rings. The summed E-state index contributed by atoms with van der Waals surface area (Å²) in [6.07, 6.45) is 2.66. The molecule has 1 rings (SSSR count). The summed E-state index contributed by atoms with van der Waals surface area (Å²) in [5.41, 5.74) is 5.34. The Morgan fingerprint density at radius 2 is 1.94 bits per heavy atom. The molecule has 1 unspecified atom stereocenters. The second-order valence-corrected chi connectivity index (χ2v) is 3.98. The maximum Gasteiger partial charge on any atom is 0.418 e. The first-order chi connectivity index (χ1) is 8.00. The maximum atomic E-state index is 11.5. The number of nitrogens with one attached hydrogen (secondary N) is 1. The molecule has 96 valence electrons. The number of carboxylic acid groups (broad SMARTS) is 1. The van der Waals surface area contributed by atoms with E-state index in [-0.39, 0.29) is 18.4 Å². The zero-order chi connectivity index (χ0) is 12.8. The Hall–Kier alpha value is -1.63. The van der Waals surface area contributed by atoms with Crippen molar-refractivity contribution in [1.29, 1.82) is 0 Å². The molecular weight excluding hydrogens is 228 g/mol. The molecule has 1 aliphatic rings. The van der Waals surface area contributed by atoms with E-state index in [4.69, 9.17) is 10.8 Å². The van der Waals surface area contributed by atoms with Crippen molar-refractivity contribution in [3.05, 3.63) is 0 Å². The molecule has 0 aromatic carbocycles. The van der Waals surface area contributed by atoms with Gasteiger partial charge in [-0.25, -0.2) is 9.59 Å². The minimum absolute atomic E-state index is 0.00243. The van der Waals surface area contributed by atoms with E-state index in [1.165, 1.54) is 0 Å². The Bertz CT molecular complexity index is 312. The first-order valence-corrected chi connectivity index (χ1v) is 5.48. The van der Waals surface area contributed by atoms with Crippen LogP contribution in [0.3, 0.4) is 0 Å². The molecule has 4 N–H and O–H groups in total. The Morgan fingerprint density at radius 1 is 1.35 bits per heavy atom. The average molecular weight is 244 g/mol. The number of rotatable bonds is 4. The van der Waals surface area contributed by atoms with Crippen LogP contribution in [0.4, 0.5) is 0 Å². The van der Waals surface area contributed by atoms with Crippen LogP contribution in [0.5, 0.6) is 0 Å². The largest absolute Gasteiger partial charge is 0.473 e. The number of amides is 1. The molecule has 1 atom stereocenters. The number of carbonyl (C=O) groups is 3. The van der Waals surface area contributed by atoms with E-state index in [1.807, 2.05) is 0 Å². The van der Waals surface area contributed by atoms with Crippen molar-refractivity contribution in [3.63, 3.8) is 0 Å². The van der Waals surface area contributed by atoms with Crippen LogP contribution < -0.4 is 11.1 Å². The second kappa shape index (κ2) is 6.19. The van der Waals surface area contributed by atoms with E-state index in [1.54, 1.807) is 0 Å². The van der Waals surface area contributed by atoms with Crippen molar-refractivity contribution in [2.24, 2.45) is 11.7 Å². The molecule has 17 heavy (non-hydrogen) atoms. The van der Waals surface area contributed by atoms with Crippen LogP contribution in [0.25, 0.3) is 0 Å². The van der Waals surface area contributed by atoms with Gasteiger partial charge in [-0.05, 0) is 12.8 Å². The molecule has 1 saturated carbocycles. The van der Waals surface area contributed by atoms with Gasteiger partial charge in [0.25, 0.3) is 0 Å². The Balaban J connectivity index is 2.23. The molecule has 0 aliphatic heterocycles. The van der Waals surface area contributed by atoms with Crippen LogP contribution in [0.15, 0.2) is 0 Å². The third-order valence-electron chi connectivity index (χ3n) is 2.64. The van der Waals surface area contributed by atoms with E-state index < -0.39 is 18.2 Å². The van der Waals surface area contributed by atoms with Crippen LogP contribution in [0.2, 0.25) is 0 Å². The van der Waals surface area contributed by atoms with Gasteiger partial charge in [0.1, 0.15) is 0 Å². The fourth-order valence-electron chi connectivity index (χ4n) is 1.76. The molecule has 0 aromatic rings. The predicted molar refractivity (Wildman–Crippen MR) is 56.7 cm³/mol. The van der Waals surface area contributed by atoms with Crippen LogP contribution in [-0.2, 0) is 19.1 Å². The number of nitrogens with two attached hydrogens (primary N) is 1. The lowest BCUT2D eigenvalue weighted by Gasteiger charge is -2.14. The smallest absolute Gasteiger partial charge is 0.418 e. The van der Waals surface area contributed by atoms with Gasteiger partial charge in [-0.1, -0.05) is 12.8 Å². The third kappa shape index (κ3) is 4.39. The van der Waals surface area contributed by atoms with Crippen molar-refractivity contribution in [1.82, 2.24) is 5.32 Å². The third-order valence-corrected chi connectivity index (χ3v) is 2.64. The van der Waals surface area contributed by atoms with Gasteiger partial charge in [0.15, 0.2) is 6.23 Å². The molecule has 0 aromatic heterocycles. The van der Waals surface area contributed by atoms with Crippen molar-refractivity contribution in [2.45, 2.75) is 31.9 Å². The molecule has 0 heterocycles. The fraction of sp³-hybridized carbons (Fsp3) is 0.700. The van der Waals surface area contributed by atoms with Gasteiger partial charge in [0.2, 0.25) is 5.91 Å². The van der Waals surface area contributed by atoms with Gasteiger partial charge in [-0.15, -0.1) is 0 Å². The number of esters is 1. The summed E-state index contributed by atoms with van der Waals surface area (Å²) in [7, 11) is 0. The monoisotopic (exact) mass is 244 g/mol. The van der Waals surface area contributed by atoms with Gasteiger partial charge in [-0.2, -0.15) is 0 Å². The minimum atomic E-state index is -1.71. The number of carbonyl (C=O) groups excluding carboxylic acids is 2. The molecule has 1 amide bonds. The van der Waals surface area contributed by atoms with Gasteiger partial charge < -0.3 is 15.2 Å². The summed E-state index contributed by atoms with van der Waals surface area (Å²) in [6.45, 7) is -0.0750. The first kappa shape index (κ1) is 13.4. The fourth-order valence-corrected chi connectivity index (χ4v) is 1.76. The molecular formula is C10H16N2O5. The summed E-state index contributed by atoms with van der Waals surface area (Å²) < 4.78 is 4.35. The van der Waals surface area contributed by atoms with Gasteiger partial charge in [-0.3, -0.25) is 10.5 Å². The number of ether oxygens (including phenoxy) is 1. The molecule has 0 spiro atoms. The van der Waals surface area contributed by atoms with Crippen LogP contribution in [0.1, 0.15) is 25.7 Å². The number of aliphatic carboxylic acids is 1. The predicted octanol–water partition coefficient (Wildman–Crippen LogP) is -0.795. The van der Waals surface area contributed by atoms with Crippen LogP contribution in [0, 0.1) is 5.92 Å². The van der Waals surface area contributed by atoms with Gasteiger partial charge in [0.05, 0.1) is 6.54 Å². The standard InChI is InChI=1S/C10H16N2O5/c11-7(17-10(16)9(14)15)5-12-8(13)6-3-1-2-4-6/h6-7H,1-5,11H2,(H,12,13)(H,14,15). The van der Waals surface area contributed by atoms with Gasteiger partial charge >= 0.3 is 11.9 Å². The summed E-state index contributed by atoms with van der Waals surface area (Å²) in [5.74, 6) is -3.25. The van der Waals surface area contributed by atoms with E-state index in [0.717, 1.165) is 25.7 Å². The highest BCUT2D eigenvalue weighted by molar-refractivity contribution is 6.28. The lowest BCUT2D eigenvalue weighted by Crippen LogP contribution is -2.42. The van der Waals surface area contributed by atoms with Crippen LogP contribution >= 0.6 is 0 Å². The highest BCUT2D eigenvalue weighted by Crippen LogP contribution is 2.24. The summed E-state index contributed by atoms with van der Waals surface area (Å²) in [4.78, 5) is 32.4. The topological polar surface area (TPSA) is 119 Å². The zero-order valence-electron chi connectivity index (χ0n) is 9.35. The number of hydrogen-bond donors (Lipinski definition) is 3. The molecule has 0 radical (unpaired) electrons. The van der Waals surface area contributed by atoms with Crippen molar-refractivity contribution >= 4 is 17.8 Å². The second-order valence-electron chi connectivity index (χ2n) is 3.98. The normalized spacial score (nSPS) is 17.5. The summed E-state index contributed by atoms with van der Waals surface area (Å²) >= 11 is 0. The summed E-state index contributed by atoms with van der Waals surface area (Å²) in [6, 6.07) is 0. The zero-order valence-corrected chi connectivity index (χ0v) is 9.35. The van der Waals surface area contributed by atoms with E-state index in [0.29, 0.717) is 0 Å². The molecule has 1 aliphatic carbocycles. The number of hydrogen-bond acceptors (Lipinski definition) is 5. The molecule has 7 nitrogen and oxygen atoms in total. The molecule has 0 saturated heterocycles. The lowest BCUT2D eigenvalue weighted by atomic mass is 10.1. The Labute approximate surface area is 98.3 Å². The van der Waals surface area contributed by atoms with Gasteiger partial charge in [0, 0.05) is 5.92 Å². The van der Waals surface area contributed by atoms with Crippen molar-refractivity contribution in [2.75, 3.05) is 6.54 Å². The van der Waals surface area contributed by atoms with Crippen LogP contribution in [-0.4, -0.2) is 35.7 Å². The molecule has 0 bridgehead atoms. The Morgan fingerprint density at radius 3 is 2.47 bits per heavy atom. The number of carboxylic acids is 1. The van der Waals surface area contributed by atoms with Crippen molar-refractivity contribution < 1.29 is 24.2 Å². The van der Waals surface area contributed by atoms with Crippen molar-refractivity contribution in [3.8, 4) is 0 Å². The SMILES string of the molecule is NC(CNC(=O)C1CCCC1)OC(=O)C(=O)O. The minimum Gasteiger partial charge on any atom is -0.473 e. The maximum absolute atomic E-state index is 11.5. The highest BCUT2D eigenvalue weighted by atomic mass is 16.6. The summed E-state index contributed by atoms with van der Waals surface area (Å²) in [5, 5.41) is 10.8. The van der Waals surface area contributed by atoms with E-state index >= 15 is 0 Å². The van der Waals surface area contributed by atoms with E-state index in [2.05, 4.69) is 10.1 Å². The highest BCUT2D eigenvalue weighted by Gasteiger charge is 2.23. The van der Waals surface area contributed by atoms with E-state index in [9.17, 15) is 14.4 Å². The Kier molecular flexibility index (Phi) is 4.89.